The largest absolute Gasteiger partial charge is 0.379 e. The minimum Gasteiger partial charge on any atom is -0.379 e. The van der Waals surface area contributed by atoms with Crippen molar-refractivity contribution in [3.63, 3.8) is 0 Å². The van der Waals surface area contributed by atoms with Crippen LogP contribution >= 0.6 is 0 Å². The lowest BCUT2D eigenvalue weighted by Crippen LogP contribution is -2.21. The first-order valence-corrected chi connectivity index (χ1v) is 6.25. The number of nitrogens with zero attached hydrogens (tertiary/aromatic N) is 2. The van der Waals surface area contributed by atoms with Crippen molar-refractivity contribution in [2.24, 2.45) is 5.73 Å². The zero-order chi connectivity index (χ0) is 12.8. The Labute approximate surface area is 107 Å². The average molecular weight is 245 g/mol. The highest BCUT2D eigenvalue weighted by atomic mass is 16.5. The molecule has 0 saturated heterocycles. The van der Waals surface area contributed by atoms with Crippen LogP contribution in [0.15, 0.2) is 42.6 Å². The van der Waals surface area contributed by atoms with Gasteiger partial charge in [0.15, 0.2) is 0 Å². The molecule has 2 aromatic rings. The van der Waals surface area contributed by atoms with E-state index >= 15 is 0 Å². The van der Waals surface area contributed by atoms with Crippen LogP contribution < -0.4 is 5.73 Å². The van der Waals surface area contributed by atoms with E-state index in [2.05, 4.69) is 12.0 Å². The van der Waals surface area contributed by atoms with Crippen molar-refractivity contribution in [3.8, 4) is 5.69 Å². The first-order chi connectivity index (χ1) is 8.83. The number of aromatic nitrogens is 2. The Hall–Kier alpha value is -1.65. The number of hydrogen-bond donors (Lipinski definition) is 1. The van der Waals surface area contributed by atoms with Crippen molar-refractivity contribution < 1.29 is 4.74 Å². The van der Waals surface area contributed by atoms with Crippen LogP contribution in [0.4, 0.5) is 0 Å². The molecule has 0 saturated carbocycles. The SMILES string of the molecule is CCCOCC(N)c1ccnn1-c1ccccc1. The molecule has 1 unspecified atom stereocenters. The summed E-state index contributed by atoms with van der Waals surface area (Å²) in [6.45, 7) is 3.35. The van der Waals surface area contributed by atoms with Gasteiger partial charge < -0.3 is 10.5 Å². The fourth-order valence-electron chi connectivity index (χ4n) is 1.82. The summed E-state index contributed by atoms with van der Waals surface area (Å²) in [6.07, 6.45) is 2.77. The molecule has 0 bridgehead atoms. The first kappa shape index (κ1) is 12.8. The Balaban J connectivity index is 2.12. The summed E-state index contributed by atoms with van der Waals surface area (Å²) in [5.41, 5.74) is 8.12. The quantitative estimate of drug-likeness (QED) is 0.794. The van der Waals surface area contributed by atoms with Gasteiger partial charge in [-0.1, -0.05) is 25.1 Å². The smallest absolute Gasteiger partial charge is 0.0709 e. The third-order valence-electron chi connectivity index (χ3n) is 2.70. The number of para-hydroxylation sites is 1. The molecular formula is C14H19N3O. The Morgan fingerprint density at radius 2 is 2.06 bits per heavy atom. The third-order valence-corrected chi connectivity index (χ3v) is 2.70. The van der Waals surface area contributed by atoms with E-state index in [0.29, 0.717) is 6.61 Å². The van der Waals surface area contributed by atoms with Crippen LogP contribution in [0, 0.1) is 0 Å². The average Bonchev–Trinajstić information content (AvgIpc) is 2.89. The summed E-state index contributed by atoms with van der Waals surface area (Å²) in [7, 11) is 0. The molecule has 4 nitrogen and oxygen atoms in total. The summed E-state index contributed by atoms with van der Waals surface area (Å²) in [6, 6.07) is 11.8. The molecule has 0 aliphatic heterocycles. The van der Waals surface area contributed by atoms with Gasteiger partial charge in [-0.05, 0) is 24.6 Å². The molecule has 2 rings (SSSR count). The van der Waals surface area contributed by atoms with E-state index in [1.165, 1.54) is 0 Å². The summed E-state index contributed by atoms with van der Waals surface area (Å²) >= 11 is 0. The molecule has 4 heteroatoms. The molecule has 2 N–H and O–H groups in total. The maximum absolute atomic E-state index is 6.13. The van der Waals surface area contributed by atoms with Gasteiger partial charge in [-0.25, -0.2) is 4.68 Å². The molecule has 1 atom stereocenters. The highest BCUT2D eigenvalue weighted by Crippen LogP contribution is 2.15. The molecular weight excluding hydrogens is 226 g/mol. The van der Waals surface area contributed by atoms with E-state index in [4.69, 9.17) is 10.5 Å². The van der Waals surface area contributed by atoms with Crippen LogP contribution in [0.5, 0.6) is 0 Å². The van der Waals surface area contributed by atoms with E-state index in [9.17, 15) is 0 Å². The second kappa shape index (κ2) is 6.33. The van der Waals surface area contributed by atoms with Gasteiger partial charge in [0.25, 0.3) is 0 Å². The molecule has 18 heavy (non-hydrogen) atoms. The predicted molar refractivity (Wildman–Crippen MR) is 71.6 cm³/mol. The normalized spacial score (nSPS) is 12.6. The van der Waals surface area contributed by atoms with Gasteiger partial charge in [-0.15, -0.1) is 0 Å². The summed E-state index contributed by atoms with van der Waals surface area (Å²) in [5, 5.41) is 4.32. The molecule has 0 amide bonds. The van der Waals surface area contributed by atoms with Gasteiger partial charge in [0, 0.05) is 12.8 Å². The predicted octanol–water partition coefficient (Wildman–Crippen LogP) is 2.30. The van der Waals surface area contributed by atoms with E-state index in [1.807, 2.05) is 41.1 Å². The fraction of sp³-hybridized carbons (Fsp3) is 0.357. The van der Waals surface area contributed by atoms with Crippen LogP contribution in [0.1, 0.15) is 25.1 Å². The Morgan fingerprint density at radius 3 is 2.78 bits per heavy atom. The van der Waals surface area contributed by atoms with E-state index < -0.39 is 0 Å². The van der Waals surface area contributed by atoms with Crippen molar-refractivity contribution in [2.75, 3.05) is 13.2 Å². The topological polar surface area (TPSA) is 53.1 Å². The van der Waals surface area contributed by atoms with E-state index in [1.54, 1.807) is 6.20 Å². The van der Waals surface area contributed by atoms with Crippen molar-refractivity contribution in [3.05, 3.63) is 48.3 Å². The number of ether oxygens (including phenoxy) is 1. The number of rotatable bonds is 6. The van der Waals surface area contributed by atoms with Crippen molar-refractivity contribution >= 4 is 0 Å². The molecule has 1 aromatic carbocycles. The van der Waals surface area contributed by atoms with Crippen LogP contribution in [-0.4, -0.2) is 23.0 Å². The Kier molecular flexibility index (Phi) is 4.50. The van der Waals surface area contributed by atoms with E-state index in [-0.39, 0.29) is 6.04 Å². The van der Waals surface area contributed by atoms with Crippen molar-refractivity contribution in [1.29, 1.82) is 0 Å². The molecule has 0 fully saturated rings. The van der Waals surface area contributed by atoms with E-state index in [0.717, 1.165) is 24.4 Å². The van der Waals surface area contributed by atoms with Gasteiger partial charge in [-0.3, -0.25) is 0 Å². The third kappa shape index (κ3) is 2.97. The summed E-state index contributed by atoms with van der Waals surface area (Å²) in [5.74, 6) is 0. The lowest BCUT2D eigenvalue weighted by molar-refractivity contribution is 0.120. The molecule has 0 aliphatic carbocycles. The second-order valence-electron chi connectivity index (χ2n) is 4.18. The zero-order valence-corrected chi connectivity index (χ0v) is 10.6. The fourth-order valence-corrected chi connectivity index (χ4v) is 1.82. The van der Waals surface area contributed by atoms with Gasteiger partial charge in [0.2, 0.25) is 0 Å². The molecule has 0 aliphatic rings. The number of benzene rings is 1. The molecule has 96 valence electrons. The van der Waals surface area contributed by atoms with Gasteiger partial charge in [0.05, 0.1) is 24.0 Å². The molecule has 0 radical (unpaired) electrons. The number of hydrogen-bond acceptors (Lipinski definition) is 3. The zero-order valence-electron chi connectivity index (χ0n) is 10.6. The van der Waals surface area contributed by atoms with Gasteiger partial charge in [-0.2, -0.15) is 5.10 Å². The highest BCUT2D eigenvalue weighted by molar-refractivity contribution is 5.33. The van der Waals surface area contributed by atoms with Crippen molar-refractivity contribution in [1.82, 2.24) is 9.78 Å². The van der Waals surface area contributed by atoms with Crippen LogP contribution in [-0.2, 0) is 4.74 Å². The minimum atomic E-state index is -0.153. The molecule has 0 spiro atoms. The minimum absolute atomic E-state index is 0.153. The van der Waals surface area contributed by atoms with Crippen LogP contribution in [0.2, 0.25) is 0 Å². The Morgan fingerprint density at radius 1 is 1.28 bits per heavy atom. The summed E-state index contributed by atoms with van der Waals surface area (Å²) in [4.78, 5) is 0. The van der Waals surface area contributed by atoms with Crippen LogP contribution in [0.25, 0.3) is 5.69 Å². The first-order valence-electron chi connectivity index (χ1n) is 6.25. The standard InChI is InChI=1S/C14H19N3O/c1-2-10-18-11-13(15)14-8-9-16-17(14)12-6-4-3-5-7-12/h3-9,13H,2,10-11,15H2,1H3. The number of nitrogens with two attached hydrogens (primary N) is 1. The maximum atomic E-state index is 6.13. The molecule has 1 aromatic heterocycles. The lowest BCUT2D eigenvalue weighted by Gasteiger charge is -2.14. The monoisotopic (exact) mass is 245 g/mol. The highest BCUT2D eigenvalue weighted by Gasteiger charge is 2.12. The second-order valence-corrected chi connectivity index (χ2v) is 4.18. The van der Waals surface area contributed by atoms with Gasteiger partial charge in [0.1, 0.15) is 0 Å². The van der Waals surface area contributed by atoms with Crippen molar-refractivity contribution in [2.45, 2.75) is 19.4 Å². The lowest BCUT2D eigenvalue weighted by atomic mass is 10.2. The van der Waals surface area contributed by atoms with Crippen LogP contribution in [0.3, 0.4) is 0 Å². The van der Waals surface area contributed by atoms with Gasteiger partial charge >= 0.3 is 0 Å². The Bertz CT molecular complexity index is 467. The molecule has 1 heterocycles. The summed E-state index contributed by atoms with van der Waals surface area (Å²) < 4.78 is 7.35. The maximum Gasteiger partial charge on any atom is 0.0709 e.